The highest BCUT2D eigenvalue weighted by Crippen LogP contribution is 2.15. The molecule has 7 nitrogen and oxygen atoms in total. The summed E-state index contributed by atoms with van der Waals surface area (Å²) < 4.78 is 0.807. The Kier molecular flexibility index (Phi) is 3.54. The largest absolute Gasteiger partial charge is 0.369 e. The topological polar surface area (TPSA) is 115 Å². The normalized spacial score (nSPS) is 11.3. The second-order valence-corrected chi connectivity index (χ2v) is 4.70. The van der Waals surface area contributed by atoms with Crippen molar-refractivity contribution < 1.29 is 9.59 Å². The summed E-state index contributed by atoms with van der Waals surface area (Å²) in [6, 6.07) is 0. The van der Waals surface area contributed by atoms with Crippen molar-refractivity contribution in [1.82, 2.24) is 9.55 Å². The van der Waals surface area contributed by atoms with E-state index in [1.54, 1.807) is 0 Å². The first-order valence-corrected chi connectivity index (χ1v) is 5.30. The molecule has 0 fully saturated rings. The minimum atomic E-state index is -1.06. The van der Waals surface area contributed by atoms with Crippen molar-refractivity contribution in [2.75, 3.05) is 0 Å². The Morgan fingerprint density at radius 2 is 1.94 bits per heavy atom. The number of ketones is 1. The smallest absolute Gasteiger partial charge is 0.328 e. The van der Waals surface area contributed by atoms with Gasteiger partial charge < -0.3 is 10.7 Å². The van der Waals surface area contributed by atoms with Crippen LogP contribution in [0.4, 0.5) is 0 Å². The number of hydrogen-bond acceptors (Lipinski definition) is 4. The van der Waals surface area contributed by atoms with Crippen molar-refractivity contribution in [3.8, 4) is 0 Å². The molecule has 18 heavy (non-hydrogen) atoms. The van der Waals surface area contributed by atoms with Crippen molar-refractivity contribution >= 4 is 11.7 Å². The molecule has 0 bridgehead atoms. The van der Waals surface area contributed by atoms with Crippen LogP contribution in [0.5, 0.6) is 0 Å². The molecule has 3 N–H and O–H groups in total. The number of carbonyl (C=O) groups is 2. The lowest BCUT2D eigenvalue weighted by atomic mass is 9.92. The Labute approximate surface area is 103 Å². The van der Waals surface area contributed by atoms with E-state index >= 15 is 0 Å². The van der Waals surface area contributed by atoms with Crippen LogP contribution in [-0.4, -0.2) is 21.2 Å². The molecule has 0 unspecified atom stereocenters. The number of nitrogens with zero attached hydrogens (tertiary/aromatic N) is 1. The zero-order valence-corrected chi connectivity index (χ0v) is 10.4. The van der Waals surface area contributed by atoms with Gasteiger partial charge in [0.05, 0.1) is 11.0 Å². The third-order valence-corrected chi connectivity index (χ3v) is 2.66. The van der Waals surface area contributed by atoms with Crippen LogP contribution in [0.25, 0.3) is 0 Å². The van der Waals surface area contributed by atoms with Crippen LogP contribution in [0.3, 0.4) is 0 Å². The van der Waals surface area contributed by atoms with Crippen molar-refractivity contribution in [1.29, 1.82) is 0 Å². The van der Waals surface area contributed by atoms with Gasteiger partial charge in [-0.1, -0.05) is 0 Å². The number of aromatic nitrogens is 2. The lowest BCUT2D eigenvalue weighted by Gasteiger charge is -2.20. The van der Waals surface area contributed by atoms with Crippen molar-refractivity contribution in [3.63, 3.8) is 0 Å². The average Bonchev–Trinajstić information content (AvgIpc) is 2.23. The molecule has 0 atom stereocenters. The number of primary amides is 1. The third-order valence-electron chi connectivity index (χ3n) is 2.66. The van der Waals surface area contributed by atoms with Gasteiger partial charge in [-0.25, -0.2) is 4.79 Å². The van der Waals surface area contributed by atoms with Gasteiger partial charge in [0.2, 0.25) is 5.91 Å². The number of H-pyrrole nitrogens is 1. The zero-order chi connectivity index (χ0) is 14.1. The van der Waals surface area contributed by atoms with E-state index in [-0.39, 0.29) is 12.1 Å². The molecule has 0 radical (unpaired) electrons. The molecule has 0 aromatic carbocycles. The lowest BCUT2D eigenvalue weighted by molar-refractivity contribution is -0.126. The molecule has 1 rings (SSSR count). The molecule has 1 heterocycles. The number of amides is 1. The first-order chi connectivity index (χ1) is 8.16. The number of nitrogens with two attached hydrogens (primary N) is 1. The Morgan fingerprint density at radius 1 is 1.39 bits per heavy atom. The highest BCUT2D eigenvalue weighted by atomic mass is 16.2. The lowest BCUT2D eigenvalue weighted by Crippen LogP contribution is -2.45. The van der Waals surface area contributed by atoms with E-state index in [1.807, 2.05) is 0 Å². The first-order valence-electron chi connectivity index (χ1n) is 5.30. The summed E-state index contributed by atoms with van der Waals surface area (Å²) in [5.74, 6) is -1.09. The van der Waals surface area contributed by atoms with E-state index in [1.165, 1.54) is 20.8 Å². The molecule has 0 saturated carbocycles. The quantitative estimate of drug-likeness (QED) is 0.687. The summed E-state index contributed by atoms with van der Waals surface area (Å²) in [6.07, 6.45) is 1.07. The SMILES string of the molecule is CC(=O)c1c[nH]c(=O)n(CC(C)(C)C(N)=O)c1=O. The number of rotatable bonds is 4. The van der Waals surface area contributed by atoms with E-state index in [0.717, 1.165) is 10.8 Å². The molecular formula is C11H15N3O4. The minimum Gasteiger partial charge on any atom is -0.369 e. The average molecular weight is 253 g/mol. The van der Waals surface area contributed by atoms with Gasteiger partial charge in [-0.05, 0) is 20.8 Å². The molecule has 0 aliphatic carbocycles. The van der Waals surface area contributed by atoms with Gasteiger partial charge in [0.1, 0.15) is 0 Å². The van der Waals surface area contributed by atoms with Crippen molar-refractivity contribution in [2.24, 2.45) is 11.1 Å². The molecule has 0 aliphatic rings. The van der Waals surface area contributed by atoms with Gasteiger partial charge in [-0.3, -0.25) is 19.0 Å². The first kappa shape index (κ1) is 13.9. The minimum absolute atomic E-state index is 0.130. The maximum atomic E-state index is 11.9. The van der Waals surface area contributed by atoms with Crippen molar-refractivity contribution in [2.45, 2.75) is 27.3 Å². The molecule has 0 spiro atoms. The van der Waals surface area contributed by atoms with Gasteiger partial charge in [0, 0.05) is 12.7 Å². The fourth-order valence-electron chi connectivity index (χ4n) is 1.38. The van der Waals surface area contributed by atoms with Gasteiger partial charge >= 0.3 is 5.69 Å². The maximum absolute atomic E-state index is 11.9. The highest BCUT2D eigenvalue weighted by Gasteiger charge is 2.27. The summed E-state index contributed by atoms with van der Waals surface area (Å²) in [4.78, 5) is 48.1. The third kappa shape index (κ3) is 2.55. The van der Waals surface area contributed by atoms with Gasteiger partial charge in [-0.15, -0.1) is 0 Å². The highest BCUT2D eigenvalue weighted by molar-refractivity contribution is 5.93. The molecule has 0 aliphatic heterocycles. The number of carbonyl (C=O) groups excluding carboxylic acids is 2. The van der Waals surface area contributed by atoms with Gasteiger partial charge in [-0.2, -0.15) is 0 Å². The van der Waals surface area contributed by atoms with Gasteiger partial charge in [0.15, 0.2) is 5.78 Å². The van der Waals surface area contributed by atoms with E-state index in [0.29, 0.717) is 0 Å². The zero-order valence-electron chi connectivity index (χ0n) is 10.4. The van der Waals surface area contributed by atoms with E-state index in [4.69, 9.17) is 5.73 Å². The predicted octanol–water partition coefficient (Wildman–Crippen LogP) is -0.749. The Morgan fingerprint density at radius 3 is 2.39 bits per heavy atom. The molecule has 1 aromatic heterocycles. The summed E-state index contributed by atoms with van der Waals surface area (Å²) >= 11 is 0. The van der Waals surface area contributed by atoms with Crippen LogP contribution < -0.4 is 17.0 Å². The van der Waals surface area contributed by atoms with Gasteiger partial charge in [0.25, 0.3) is 5.56 Å². The second-order valence-electron chi connectivity index (χ2n) is 4.70. The standard InChI is InChI=1S/C11H15N3O4/c1-6(15)7-4-13-10(18)14(8(7)16)5-11(2,3)9(12)17/h4H,5H2,1-3H3,(H2,12,17)(H,13,18). The Balaban J connectivity index is 3.38. The molecule has 1 aromatic rings. The summed E-state index contributed by atoms with van der Waals surface area (Å²) in [6.45, 7) is 4.07. The summed E-state index contributed by atoms with van der Waals surface area (Å²) in [7, 11) is 0. The Hall–Kier alpha value is -2.18. The van der Waals surface area contributed by atoms with E-state index in [2.05, 4.69) is 4.98 Å². The van der Waals surface area contributed by atoms with E-state index < -0.39 is 28.4 Å². The van der Waals surface area contributed by atoms with Crippen LogP contribution in [0, 0.1) is 5.41 Å². The molecule has 1 amide bonds. The molecular weight excluding hydrogens is 238 g/mol. The van der Waals surface area contributed by atoms with Crippen LogP contribution in [0.15, 0.2) is 15.8 Å². The fourth-order valence-corrected chi connectivity index (χ4v) is 1.38. The number of nitrogens with one attached hydrogen (secondary N) is 1. The van der Waals surface area contributed by atoms with Crippen LogP contribution >= 0.6 is 0 Å². The fraction of sp³-hybridized carbons (Fsp3) is 0.455. The number of hydrogen-bond donors (Lipinski definition) is 2. The predicted molar refractivity (Wildman–Crippen MR) is 64.3 cm³/mol. The molecule has 98 valence electrons. The monoisotopic (exact) mass is 253 g/mol. The number of aromatic amines is 1. The maximum Gasteiger partial charge on any atom is 0.328 e. The number of Topliss-reactive ketones (excluding diaryl/α,β-unsaturated/α-hetero) is 1. The van der Waals surface area contributed by atoms with Crippen LogP contribution in [-0.2, 0) is 11.3 Å². The summed E-state index contributed by atoms with van der Waals surface area (Å²) in [5, 5.41) is 0. The Bertz CT molecular complexity index is 609. The van der Waals surface area contributed by atoms with Crippen LogP contribution in [0.2, 0.25) is 0 Å². The van der Waals surface area contributed by atoms with Crippen molar-refractivity contribution in [3.05, 3.63) is 32.6 Å². The molecule has 7 heteroatoms. The van der Waals surface area contributed by atoms with E-state index in [9.17, 15) is 19.2 Å². The summed E-state index contributed by atoms with van der Waals surface area (Å²) in [5.41, 5.74) is 2.59. The molecule has 0 saturated heterocycles. The second kappa shape index (κ2) is 4.59. The van der Waals surface area contributed by atoms with Crippen LogP contribution in [0.1, 0.15) is 31.1 Å².